The molecule has 2 N–H and O–H groups in total. The molecule has 0 bridgehead atoms. The number of oxazole rings is 1. The number of hydrogen-bond donors (Lipinski definition) is 2. The summed E-state index contributed by atoms with van der Waals surface area (Å²) in [7, 11) is 0. The summed E-state index contributed by atoms with van der Waals surface area (Å²) >= 11 is 0. The number of hydrogen-bond acceptors (Lipinski definition) is 4. The molecule has 2 aromatic rings. The Hall–Kier alpha value is -2.70. The molecule has 6 nitrogen and oxygen atoms in total. The Kier molecular flexibility index (Phi) is 6.27. The lowest BCUT2D eigenvalue weighted by molar-refractivity contribution is -0.142. The van der Waals surface area contributed by atoms with Gasteiger partial charge in [-0.15, -0.1) is 0 Å². The van der Waals surface area contributed by atoms with Gasteiger partial charge >= 0.3 is 5.97 Å². The van der Waals surface area contributed by atoms with Crippen molar-refractivity contribution in [1.29, 1.82) is 0 Å². The lowest BCUT2D eigenvalue weighted by Gasteiger charge is -2.16. The number of halogens is 1. The van der Waals surface area contributed by atoms with E-state index in [1.807, 2.05) is 13.8 Å². The van der Waals surface area contributed by atoms with Crippen molar-refractivity contribution in [1.82, 2.24) is 10.3 Å². The monoisotopic (exact) mass is 348 g/mol. The van der Waals surface area contributed by atoms with Gasteiger partial charge in [-0.2, -0.15) is 0 Å². The summed E-state index contributed by atoms with van der Waals surface area (Å²) in [4.78, 5) is 27.1. The Bertz CT molecular complexity index is 742. The number of rotatable bonds is 8. The average molecular weight is 348 g/mol. The van der Waals surface area contributed by atoms with Crippen LogP contribution in [0.15, 0.2) is 34.9 Å². The Morgan fingerprint density at radius 2 is 2.04 bits per heavy atom. The number of aromatic nitrogens is 1. The molecule has 0 aliphatic heterocycles. The second-order valence-corrected chi connectivity index (χ2v) is 6.19. The number of aryl methyl sites for hydroxylation is 1. The zero-order chi connectivity index (χ0) is 18.4. The number of carbonyl (C=O) groups is 2. The molecule has 0 aliphatic carbocycles. The maximum Gasteiger partial charge on any atom is 0.326 e. The van der Waals surface area contributed by atoms with E-state index in [2.05, 4.69) is 10.3 Å². The van der Waals surface area contributed by atoms with Crippen LogP contribution in [0.25, 0.3) is 11.3 Å². The van der Waals surface area contributed by atoms with Crippen molar-refractivity contribution >= 4 is 11.9 Å². The first kappa shape index (κ1) is 18.6. The van der Waals surface area contributed by atoms with Crippen molar-refractivity contribution in [3.8, 4) is 11.3 Å². The lowest BCUT2D eigenvalue weighted by atomic mass is 10.0. The summed E-state index contributed by atoms with van der Waals surface area (Å²) < 4.78 is 19.2. The molecule has 0 unspecified atom stereocenters. The summed E-state index contributed by atoms with van der Waals surface area (Å²) in [6, 6.07) is 5.26. The molecule has 0 aliphatic rings. The summed E-state index contributed by atoms with van der Waals surface area (Å²) in [6.07, 6.45) is 2.01. The highest BCUT2D eigenvalue weighted by Crippen LogP contribution is 2.23. The van der Waals surface area contributed by atoms with Crippen molar-refractivity contribution < 1.29 is 23.5 Å². The normalized spacial score (nSPS) is 12.2. The SMILES string of the molecule is CC(C)C[C@H](NC(=O)CCc1ncc(-c2ccccc2F)o1)C(=O)O. The molecule has 0 saturated carbocycles. The number of benzene rings is 1. The van der Waals surface area contributed by atoms with Crippen LogP contribution in [0.2, 0.25) is 0 Å². The third-order valence-corrected chi connectivity index (χ3v) is 3.60. The fraction of sp³-hybridized carbons (Fsp3) is 0.389. The number of nitrogens with one attached hydrogen (secondary N) is 1. The summed E-state index contributed by atoms with van der Waals surface area (Å²) in [5.74, 6) is -1.13. The zero-order valence-corrected chi connectivity index (χ0v) is 14.2. The number of nitrogens with zero attached hydrogens (tertiary/aromatic N) is 1. The first-order chi connectivity index (χ1) is 11.9. The maximum absolute atomic E-state index is 13.7. The van der Waals surface area contributed by atoms with Crippen LogP contribution >= 0.6 is 0 Å². The number of carboxylic acids is 1. The van der Waals surface area contributed by atoms with Gasteiger partial charge in [0.1, 0.15) is 11.9 Å². The van der Waals surface area contributed by atoms with Crippen LogP contribution in [0.1, 0.15) is 32.6 Å². The molecule has 1 atom stereocenters. The summed E-state index contributed by atoms with van der Waals surface area (Å²) in [5.41, 5.74) is 0.300. The molecule has 1 heterocycles. The van der Waals surface area contributed by atoms with Crippen molar-refractivity contribution in [3.05, 3.63) is 42.2 Å². The largest absolute Gasteiger partial charge is 0.480 e. The molecule has 134 valence electrons. The molecule has 1 aromatic carbocycles. The van der Waals surface area contributed by atoms with E-state index in [1.165, 1.54) is 12.3 Å². The molecular formula is C18H21FN2O4. The lowest BCUT2D eigenvalue weighted by Crippen LogP contribution is -2.41. The van der Waals surface area contributed by atoms with Gasteiger partial charge in [-0.1, -0.05) is 26.0 Å². The standard InChI is InChI=1S/C18H21FN2O4/c1-11(2)9-14(18(23)24)21-16(22)7-8-17-20-10-15(25-17)12-5-3-4-6-13(12)19/h3-6,10-11,14H,7-9H2,1-2H3,(H,21,22)(H,23,24)/t14-/m0/s1. The molecule has 25 heavy (non-hydrogen) atoms. The van der Waals surface area contributed by atoms with Crippen molar-refractivity contribution in [2.24, 2.45) is 5.92 Å². The highest BCUT2D eigenvalue weighted by molar-refractivity contribution is 5.83. The quantitative estimate of drug-likeness (QED) is 0.765. The van der Waals surface area contributed by atoms with Crippen LogP contribution < -0.4 is 5.32 Å². The van der Waals surface area contributed by atoms with Crippen LogP contribution in [0.4, 0.5) is 4.39 Å². The van der Waals surface area contributed by atoms with E-state index in [-0.39, 0.29) is 24.5 Å². The van der Waals surface area contributed by atoms with Gasteiger partial charge in [0.05, 0.1) is 11.8 Å². The van der Waals surface area contributed by atoms with E-state index in [1.54, 1.807) is 18.2 Å². The fourth-order valence-corrected chi connectivity index (χ4v) is 2.39. The molecule has 0 spiro atoms. The first-order valence-corrected chi connectivity index (χ1v) is 8.08. The molecule has 0 radical (unpaired) electrons. The van der Waals surface area contributed by atoms with E-state index in [4.69, 9.17) is 9.52 Å². The minimum Gasteiger partial charge on any atom is -0.480 e. The van der Waals surface area contributed by atoms with Gasteiger partial charge < -0.3 is 14.8 Å². The molecule has 2 rings (SSSR count). The minimum atomic E-state index is -1.06. The Morgan fingerprint density at radius 1 is 1.32 bits per heavy atom. The van der Waals surface area contributed by atoms with Crippen molar-refractivity contribution in [2.75, 3.05) is 0 Å². The number of amides is 1. The van der Waals surface area contributed by atoms with Crippen molar-refractivity contribution in [2.45, 2.75) is 39.2 Å². The average Bonchev–Trinajstić information content (AvgIpc) is 3.01. The van der Waals surface area contributed by atoms with E-state index in [0.29, 0.717) is 17.9 Å². The van der Waals surface area contributed by atoms with Crippen LogP contribution in [0.3, 0.4) is 0 Å². The predicted octanol–water partition coefficient (Wildman–Crippen LogP) is 3.03. The molecule has 1 aromatic heterocycles. The van der Waals surface area contributed by atoms with Gasteiger partial charge in [0.25, 0.3) is 0 Å². The van der Waals surface area contributed by atoms with E-state index < -0.39 is 23.7 Å². The van der Waals surface area contributed by atoms with Crippen LogP contribution in [0, 0.1) is 11.7 Å². The third-order valence-electron chi connectivity index (χ3n) is 3.60. The molecular weight excluding hydrogens is 327 g/mol. The van der Waals surface area contributed by atoms with Gasteiger partial charge in [0, 0.05) is 12.8 Å². The number of aliphatic carboxylic acids is 1. The number of carbonyl (C=O) groups excluding carboxylic acids is 1. The van der Waals surface area contributed by atoms with Crippen LogP contribution in [0.5, 0.6) is 0 Å². The Labute approximate surface area is 145 Å². The highest BCUT2D eigenvalue weighted by atomic mass is 19.1. The van der Waals surface area contributed by atoms with Crippen molar-refractivity contribution in [3.63, 3.8) is 0 Å². The predicted molar refractivity (Wildman–Crippen MR) is 89.2 cm³/mol. The summed E-state index contributed by atoms with van der Waals surface area (Å²) in [5, 5.41) is 11.6. The number of carboxylic acid groups (broad SMARTS) is 1. The first-order valence-electron chi connectivity index (χ1n) is 8.08. The maximum atomic E-state index is 13.7. The Balaban J connectivity index is 1.92. The topological polar surface area (TPSA) is 92.4 Å². The van der Waals surface area contributed by atoms with Crippen LogP contribution in [-0.2, 0) is 16.0 Å². The molecule has 0 saturated heterocycles. The van der Waals surface area contributed by atoms with Gasteiger partial charge in [0.2, 0.25) is 5.91 Å². The molecule has 1 amide bonds. The second kappa shape index (κ2) is 8.41. The van der Waals surface area contributed by atoms with E-state index >= 15 is 0 Å². The zero-order valence-electron chi connectivity index (χ0n) is 14.2. The van der Waals surface area contributed by atoms with Gasteiger partial charge in [0.15, 0.2) is 11.7 Å². The highest BCUT2D eigenvalue weighted by Gasteiger charge is 2.21. The van der Waals surface area contributed by atoms with Gasteiger partial charge in [-0.25, -0.2) is 14.2 Å². The summed E-state index contributed by atoms with van der Waals surface area (Å²) in [6.45, 7) is 3.78. The second-order valence-electron chi connectivity index (χ2n) is 6.19. The van der Waals surface area contributed by atoms with Gasteiger partial charge in [-0.05, 0) is 24.5 Å². The minimum absolute atomic E-state index is 0.0408. The molecule has 7 heteroatoms. The van der Waals surface area contributed by atoms with Gasteiger partial charge in [-0.3, -0.25) is 4.79 Å². The van der Waals surface area contributed by atoms with Crippen LogP contribution in [-0.4, -0.2) is 28.0 Å². The fourth-order valence-electron chi connectivity index (χ4n) is 2.39. The van der Waals surface area contributed by atoms with E-state index in [0.717, 1.165) is 0 Å². The smallest absolute Gasteiger partial charge is 0.326 e. The van der Waals surface area contributed by atoms with E-state index in [9.17, 15) is 14.0 Å². The Morgan fingerprint density at radius 3 is 2.68 bits per heavy atom. The third kappa shape index (κ3) is 5.41. The molecule has 0 fully saturated rings.